The van der Waals surface area contributed by atoms with Crippen LogP contribution in [0.5, 0.6) is 5.88 Å². The van der Waals surface area contributed by atoms with Gasteiger partial charge in [0.25, 0.3) is 0 Å². The molecule has 0 saturated carbocycles. The van der Waals surface area contributed by atoms with Gasteiger partial charge < -0.3 is 4.74 Å². The number of ether oxygens (including phenoxy) is 1. The second kappa shape index (κ2) is 2.55. The number of hydrogen-bond acceptors (Lipinski definition) is 2. The lowest BCUT2D eigenvalue weighted by Crippen LogP contribution is -2.05. The Bertz CT molecular complexity index is 410. The molecule has 0 unspecified atom stereocenters. The lowest BCUT2D eigenvalue weighted by Gasteiger charge is -1.94. The molecule has 4 heteroatoms. The molecule has 0 aliphatic heterocycles. The second-order valence-corrected chi connectivity index (χ2v) is 2.48. The van der Waals surface area contributed by atoms with Crippen LogP contribution in [0.25, 0.3) is 5.52 Å². The lowest BCUT2D eigenvalue weighted by atomic mass is 9.96. The number of pyridine rings is 1. The molecule has 0 fully saturated rings. The zero-order valence-electron chi connectivity index (χ0n) is 6.69. The van der Waals surface area contributed by atoms with Crippen molar-refractivity contribution in [3.8, 4) is 5.88 Å². The van der Waals surface area contributed by atoms with Gasteiger partial charge in [-0.1, -0.05) is 11.5 Å². The highest BCUT2D eigenvalue weighted by molar-refractivity contribution is 6.36. The van der Waals surface area contributed by atoms with E-state index in [-0.39, 0.29) is 0 Å². The van der Waals surface area contributed by atoms with Crippen molar-refractivity contribution in [3.63, 3.8) is 0 Å². The third-order valence-electron chi connectivity index (χ3n) is 1.72. The summed E-state index contributed by atoms with van der Waals surface area (Å²) in [5.41, 5.74) is 1.57. The molecule has 58 valence electrons. The Morgan fingerprint density at radius 1 is 1.58 bits per heavy atom. The van der Waals surface area contributed by atoms with E-state index in [9.17, 15) is 0 Å². The zero-order valence-corrected chi connectivity index (χ0v) is 6.69. The maximum atomic E-state index is 5.71. The van der Waals surface area contributed by atoms with E-state index in [0.717, 1.165) is 5.52 Å². The Morgan fingerprint density at radius 2 is 2.42 bits per heavy atom. The molecule has 3 nitrogen and oxygen atoms in total. The minimum absolute atomic E-state index is 0.577. The van der Waals surface area contributed by atoms with Gasteiger partial charge in [0.05, 0.1) is 12.6 Å². The Balaban J connectivity index is 2.74. The van der Waals surface area contributed by atoms with E-state index in [4.69, 9.17) is 12.6 Å². The van der Waals surface area contributed by atoms with E-state index in [0.29, 0.717) is 11.3 Å². The highest BCUT2D eigenvalue weighted by atomic mass is 16.5. The van der Waals surface area contributed by atoms with Gasteiger partial charge in [-0.05, 0) is 6.07 Å². The van der Waals surface area contributed by atoms with Crippen LogP contribution in [0.2, 0.25) is 0 Å². The summed E-state index contributed by atoms with van der Waals surface area (Å²) in [6.45, 7) is 0. The number of aromatic nitrogens is 2. The first-order valence-corrected chi connectivity index (χ1v) is 3.59. The average molecular weight is 158 g/mol. The maximum absolute atomic E-state index is 5.71. The molecule has 0 atom stereocenters. The molecular formula is C8H7BN2O. The molecule has 2 heterocycles. The fourth-order valence-corrected chi connectivity index (χ4v) is 1.11. The Kier molecular flexibility index (Phi) is 1.53. The van der Waals surface area contributed by atoms with E-state index in [1.807, 2.05) is 18.3 Å². The molecule has 0 aromatic carbocycles. The summed E-state index contributed by atoms with van der Waals surface area (Å²) < 4.78 is 6.66. The summed E-state index contributed by atoms with van der Waals surface area (Å²) in [5.74, 6) is 0.577. The van der Waals surface area contributed by atoms with Crippen molar-refractivity contribution in [3.05, 3.63) is 24.4 Å². The summed E-state index contributed by atoms with van der Waals surface area (Å²) in [5, 5.41) is 4.11. The largest absolute Gasteiger partial charge is 0.480 e. The molecule has 2 rings (SSSR count). The third-order valence-corrected chi connectivity index (χ3v) is 1.72. The topological polar surface area (TPSA) is 26.5 Å². The molecule has 0 spiro atoms. The van der Waals surface area contributed by atoms with Gasteiger partial charge in [-0.25, -0.2) is 4.52 Å². The fraction of sp³-hybridized carbons (Fsp3) is 0.125. The first-order chi connectivity index (χ1) is 5.81. The van der Waals surface area contributed by atoms with Crippen molar-refractivity contribution in [1.29, 1.82) is 0 Å². The van der Waals surface area contributed by atoms with Crippen LogP contribution < -0.4 is 10.2 Å². The van der Waals surface area contributed by atoms with Crippen LogP contribution in [-0.2, 0) is 0 Å². The number of fused-ring (bicyclic) bond motifs is 1. The molecule has 0 bridgehead atoms. The van der Waals surface area contributed by atoms with E-state index >= 15 is 0 Å². The maximum Gasteiger partial charge on any atom is 0.233 e. The summed E-state index contributed by atoms with van der Waals surface area (Å²) in [7, 11) is 7.29. The van der Waals surface area contributed by atoms with Crippen molar-refractivity contribution >= 4 is 18.8 Å². The van der Waals surface area contributed by atoms with Gasteiger partial charge in [0.15, 0.2) is 0 Å². The van der Waals surface area contributed by atoms with Gasteiger partial charge >= 0.3 is 0 Å². The van der Waals surface area contributed by atoms with Crippen LogP contribution in [0.4, 0.5) is 0 Å². The van der Waals surface area contributed by atoms with Crippen molar-refractivity contribution in [1.82, 2.24) is 9.61 Å². The lowest BCUT2D eigenvalue weighted by molar-refractivity contribution is 0.395. The molecular weight excluding hydrogens is 151 g/mol. The molecule has 0 aliphatic carbocycles. The normalized spacial score (nSPS) is 10.4. The smallest absolute Gasteiger partial charge is 0.233 e. The standard InChI is InChI=1S/C8H7BN2O/c1-12-8-5-7-6(9)3-2-4-11(7)10-8/h2-5H,1H3. The van der Waals surface area contributed by atoms with Crippen LogP contribution in [0.3, 0.4) is 0 Å². The van der Waals surface area contributed by atoms with E-state index < -0.39 is 0 Å². The minimum atomic E-state index is 0.577. The first kappa shape index (κ1) is 7.22. The van der Waals surface area contributed by atoms with E-state index in [2.05, 4.69) is 5.10 Å². The van der Waals surface area contributed by atoms with Crippen LogP contribution >= 0.6 is 0 Å². The predicted octanol–water partition coefficient (Wildman–Crippen LogP) is 0.137. The SMILES string of the molecule is [B]c1cccn2nc(OC)cc12. The molecule has 2 aromatic heterocycles. The summed E-state index contributed by atoms with van der Waals surface area (Å²) in [4.78, 5) is 0. The van der Waals surface area contributed by atoms with Crippen molar-refractivity contribution in [2.45, 2.75) is 0 Å². The van der Waals surface area contributed by atoms with Gasteiger partial charge in [0, 0.05) is 12.3 Å². The molecule has 2 radical (unpaired) electrons. The number of rotatable bonds is 1. The van der Waals surface area contributed by atoms with Crippen LogP contribution in [0, 0.1) is 0 Å². The van der Waals surface area contributed by atoms with Gasteiger partial charge in [0.2, 0.25) is 5.88 Å². The summed E-state index contributed by atoms with van der Waals surface area (Å²) in [6, 6.07) is 5.47. The Hall–Kier alpha value is -1.45. The predicted molar refractivity (Wildman–Crippen MR) is 47.1 cm³/mol. The van der Waals surface area contributed by atoms with Crippen LogP contribution in [0.1, 0.15) is 0 Å². The third kappa shape index (κ3) is 0.960. The summed E-state index contributed by atoms with van der Waals surface area (Å²) >= 11 is 0. The van der Waals surface area contributed by atoms with Gasteiger partial charge in [-0.15, -0.1) is 5.10 Å². The van der Waals surface area contributed by atoms with E-state index in [1.165, 1.54) is 0 Å². The molecule has 2 aromatic rings. The van der Waals surface area contributed by atoms with Crippen molar-refractivity contribution in [2.75, 3.05) is 7.11 Å². The second-order valence-electron chi connectivity index (χ2n) is 2.48. The molecule has 0 aliphatic rings. The quantitative estimate of drug-likeness (QED) is 0.551. The van der Waals surface area contributed by atoms with Gasteiger partial charge in [-0.2, -0.15) is 0 Å². The monoisotopic (exact) mass is 158 g/mol. The molecule has 0 amide bonds. The number of methoxy groups -OCH3 is 1. The molecule has 0 N–H and O–H groups in total. The van der Waals surface area contributed by atoms with Gasteiger partial charge in [-0.3, -0.25) is 0 Å². The van der Waals surface area contributed by atoms with Crippen LogP contribution in [-0.4, -0.2) is 24.6 Å². The number of hydrogen-bond donors (Lipinski definition) is 0. The Morgan fingerprint density at radius 3 is 3.08 bits per heavy atom. The first-order valence-electron chi connectivity index (χ1n) is 3.59. The highest BCUT2D eigenvalue weighted by Crippen LogP contribution is 2.09. The number of nitrogens with zero attached hydrogens (tertiary/aromatic N) is 2. The molecule has 0 saturated heterocycles. The van der Waals surface area contributed by atoms with Crippen LogP contribution in [0.15, 0.2) is 24.4 Å². The van der Waals surface area contributed by atoms with Gasteiger partial charge in [0.1, 0.15) is 7.85 Å². The average Bonchev–Trinajstić information content (AvgIpc) is 2.49. The molecule has 12 heavy (non-hydrogen) atoms. The highest BCUT2D eigenvalue weighted by Gasteiger charge is 2.01. The minimum Gasteiger partial charge on any atom is -0.480 e. The fourth-order valence-electron chi connectivity index (χ4n) is 1.11. The summed E-state index contributed by atoms with van der Waals surface area (Å²) in [6.07, 6.45) is 1.83. The zero-order chi connectivity index (χ0) is 8.55. The van der Waals surface area contributed by atoms with E-state index in [1.54, 1.807) is 17.7 Å². The van der Waals surface area contributed by atoms with Crippen molar-refractivity contribution in [2.24, 2.45) is 0 Å². The Labute approximate surface area is 71.4 Å². The van der Waals surface area contributed by atoms with Crippen molar-refractivity contribution < 1.29 is 4.74 Å².